The van der Waals surface area contributed by atoms with E-state index < -0.39 is 23.1 Å². The van der Waals surface area contributed by atoms with Crippen LogP contribution in [0.3, 0.4) is 0 Å². The van der Waals surface area contributed by atoms with E-state index in [2.05, 4.69) is 15.1 Å². The van der Waals surface area contributed by atoms with Crippen molar-refractivity contribution in [3.8, 4) is 28.3 Å². The molecule has 5 aromatic rings. The standard InChI is InChI=1S/C25H15ClF3N7O2/c1-34-23(37)21(16-3-5-18(26)6-4-16)20(17-8-15(9-30)10-31-12-17)22-33-35(24(38)36(22)34)13-14-2-7-19(32-11-14)25(27,28)29/h2-8,10-12H,13H2,1H3. The monoisotopic (exact) mass is 537 g/mol. The van der Waals surface area contributed by atoms with Crippen LogP contribution >= 0.6 is 11.6 Å². The molecule has 0 aliphatic carbocycles. The molecule has 0 radical (unpaired) electrons. The molecule has 0 spiro atoms. The van der Waals surface area contributed by atoms with Crippen LogP contribution in [0.25, 0.3) is 27.9 Å². The number of benzene rings is 1. The van der Waals surface area contributed by atoms with E-state index in [1.54, 1.807) is 24.3 Å². The maximum absolute atomic E-state index is 13.6. The first-order chi connectivity index (χ1) is 18.1. The number of rotatable bonds is 4. The van der Waals surface area contributed by atoms with E-state index in [1.807, 2.05) is 6.07 Å². The molecule has 0 aliphatic rings. The van der Waals surface area contributed by atoms with E-state index in [-0.39, 0.29) is 28.9 Å². The SMILES string of the molecule is Cn1c(=O)c(-c2ccc(Cl)cc2)c(-c2cncc(C#N)c2)c2nn(Cc3ccc(C(F)(F)F)nc3)c(=O)n21. The minimum atomic E-state index is -4.60. The van der Waals surface area contributed by atoms with Gasteiger partial charge in [0.1, 0.15) is 11.8 Å². The van der Waals surface area contributed by atoms with Crippen LogP contribution in [0.15, 0.2) is 70.6 Å². The number of alkyl halides is 3. The van der Waals surface area contributed by atoms with E-state index >= 15 is 0 Å². The van der Waals surface area contributed by atoms with Crippen LogP contribution in [0.1, 0.15) is 16.8 Å². The minimum absolute atomic E-state index is 0.0822. The predicted molar refractivity (Wildman–Crippen MR) is 131 cm³/mol. The van der Waals surface area contributed by atoms with Crippen molar-refractivity contribution in [2.24, 2.45) is 7.05 Å². The fourth-order valence-corrected chi connectivity index (χ4v) is 4.18. The van der Waals surface area contributed by atoms with E-state index in [1.165, 1.54) is 31.6 Å². The molecule has 38 heavy (non-hydrogen) atoms. The van der Waals surface area contributed by atoms with Crippen LogP contribution in [-0.2, 0) is 19.8 Å². The Bertz CT molecular complexity index is 1850. The van der Waals surface area contributed by atoms with Gasteiger partial charge >= 0.3 is 11.9 Å². The maximum atomic E-state index is 13.6. The highest BCUT2D eigenvalue weighted by atomic mass is 35.5. The van der Waals surface area contributed by atoms with Gasteiger partial charge in [-0.05, 0) is 35.4 Å². The quantitative estimate of drug-likeness (QED) is 0.344. The number of pyridine rings is 2. The Balaban J connectivity index is 1.77. The lowest BCUT2D eigenvalue weighted by atomic mass is 9.97. The number of hydrogen-bond donors (Lipinski definition) is 0. The van der Waals surface area contributed by atoms with Gasteiger partial charge in [-0.15, -0.1) is 5.10 Å². The molecule has 9 nitrogen and oxygen atoms in total. The molecule has 0 amide bonds. The summed E-state index contributed by atoms with van der Waals surface area (Å²) in [6, 6.07) is 12.0. The highest BCUT2D eigenvalue weighted by Gasteiger charge is 2.32. The smallest absolute Gasteiger partial charge is 0.267 e. The van der Waals surface area contributed by atoms with E-state index in [4.69, 9.17) is 11.6 Å². The molecule has 5 rings (SSSR count). The molecule has 0 unspecified atom stereocenters. The molecule has 13 heteroatoms. The van der Waals surface area contributed by atoms with Gasteiger partial charge in [-0.1, -0.05) is 29.8 Å². The molecular weight excluding hydrogens is 523 g/mol. The minimum Gasteiger partial charge on any atom is -0.267 e. The number of hydrogen-bond acceptors (Lipinski definition) is 6. The number of nitriles is 1. The average molecular weight is 538 g/mol. The number of nitrogens with zero attached hydrogens (tertiary/aromatic N) is 7. The molecule has 0 saturated carbocycles. The summed E-state index contributed by atoms with van der Waals surface area (Å²) in [7, 11) is 1.40. The van der Waals surface area contributed by atoms with Crippen molar-refractivity contribution in [3.63, 3.8) is 0 Å². The summed E-state index contributed by atoms with van der Waals surface area (Å²) in [6.45, 7) is -0.202. The molecule has 4 aromatic heterocycles. The Labute approximate surface area is 216 Å². The molecule has 0 atom stereocenters. The van der Waals surface area contributed by atoms with E-state index in [9.17, 15) is 28.0 Å². The summed E-state index contributed by atoms with van der Waals surface area (Å²) >= 11 is 6.04. The number of halogens is 4. The molecule has 4 heterocycles. The van der Waals surface area contributed by atoms with Gasteiger partial charge in [0, 0.05) is 41.8 Å². The molecule has 1 aromatic carbocycles. The van der Waals surface area contributed by atoms with Gasteiger partial charge in [0.05, 0.1) is 17.7 Å². The summed E-state index contributed by atoms with van der Waals surface area (Å²) < 4.78 is 41.9. The van der Waals surface area contributed by atoms with Crippen molar-refractivity contribution in [2.75, 3.05) is 0 Å². The Morgan fingerprint density at radius 2 is 1.74 bits per heavy atom. The zero-order valence-electron chi connectivity index (χ0n) is 19.4. The Kier molecular flexibility index (Phi) is 6.08. The zero-order valence-corrected chi connectivity index (χ0v) is 20.2. The van der Waals surface area contributed by atoms with Gasteiger partial charge in [-0.25, -0.2) is 14.2 Å². The van der Waals surface area contributed by atoms with Gasteiger partial charge in [0.2, 0.25) is 0 Å². The third-order valence-electron chi connectivity index (χ3n) is 5.84. The van der Waals surface area contributed by atoms with Crippen molar-refractivity contribution in [1.82, 2.24) is 28.9 Å². The summed E-state index contributed by atoms with van der Waals surface area (Å²) in [4.78, 5) is 34.5. The first kappa shape index (κ1) is 24.9. The molecule has 190 valence electrons. The van der Waals surface area contributed by atoms with E-state index in [0.717, 1.165) is 26.1 Å². The second-order valence-electron chi connectivity index (χ2n) is 8.28. The van der Waals surface area contributed by atoms with Crippen molar-refractivity contribution in [3.05, 3.63) is 104 Å². The van der Waals surface area contributed by atoms with Gasteiger partial charge in [0.25, 0.3) is 5.56 Å². The number of fused-ring (bicyclic) bond motifs is 1. The van der Waals surface area contributed by atoms with Crippen LogP contribution in [0.2, 0.25) is 5.02 Å². The van der Waals surface area contributed by atoms with Crippen molar-refractivity contribution < 1.29 is 13.2 Å². The Morgan fingerprint density at radius 1 is 1.00 bits per heavy atom. The molecule has 0 N–H and O–H groups in total. The normalized spacial score (nSPS) is 11.6. The molecule has 0 aliphatic heterocycles. The molecule has 0 bridgehead atoms. The van der Waals surface area contributed by atoms with Crippen molar-refractivity contribution in [2.45, 2.75) is 12.7 Å². The third kappa shape index (κ3) is 4.33. The first-order valence-electron chi connectivity index (χ1n) is 10.9. The highest BCUT2D eigenvalue weighted by Crippen LogP contribution is 2.33. The van der Waals surface area contributed by atoms with Gasteiger partial charge < -0.3 is 0 Å². The summed E-state index contributed by atoms with van der Waals surface area (Å²) in [5.41, 5.74) is -0.397. The number of aryl methyl sites for hydroxylation is 1. The first-order valence-corrected chi connectivity index (χ1v) is 11.3. The fraction of sp³-hybridized carbons (Fsp3) is 0.120. The highest BCUT2D eigenvalue weighted by molar-refractivity contribution is 6.30. The lowest BCUT2D eigenvalue weighted by molar-refractivity contribution is -0.141. The lowest BCUT2D eigenvalue weighted by Crippen LogP contribution is -2.33. The van der Waals surface area contributed by atoms with Gasteiger partial charge in [-0.2, -0.15) is 22.9 Å². The van der Waals surface area contributed by atoms with E-state index in [0.29, 0.717) is 21.7 Å². The average Bonchev–Trinajstić information content (AvgIpc) is 3.22. The van der Waals surface area contributed by atoms with Crippen LogP contribution in [0.5, 0.6) is 0 Å². The topological polar surface area (TPSA) is 111 Å². The molecule has 0 fully saturated rings. The molecular formula is C25H15ClF3N7O2. The fourth-order valence-electron chi connectivity index (χ4n) is 4.05. The van der Waals surface area contributed by atoms with Crippen molar-refractivity contribution in [1.29, 1.82) is 5.26 Å². The lowest BCUT2D eigenvalue weighted by Gasteiger charge is -2.13. The van der Waals surface area contributed by atoms with Crippen LogP contribution < -0.4 is 11.2 Å². The summed E-state index contributed by atoms with van der Waals surface area (Å²) in [6.07, 6.45) is -0.793. The number of aromatic nitrogens is 6. The van der Waals surface area contributed by atoms with Crippen LogP contribution in [0.4, 0.5) is 13.2 Å². The predicted octanol–water partition coefficient (Wildman–Crippen LogP) is 3.91. The van der Waals surface area contributed by atoms with Gasteiger partial charge in [-0.3, -0.25) is 14.8 Å². The van der Waals surface area contributed by atoms with Gasteiger partial charge in [0.15, 0.2) is 5.65 Å². The van der Waals surface area contributed by atoms with Crippen LogP contribution in [0, 0.1) is 11.3 Å². The second kappa shape index (κ2) is 9.28. The Morgan fingerprint density at radius 3 is 2.37 bits per heavy atom. The third-order valence-corrected chi connectivity index (χ3v) is 6.09. The molecule has 0 saturated heterocycles. The second-order valence-corrected chi connectivity index (χ2v) is 8.72. The summed E-state index contributed by atoms with van der Waals surface area (Å²) in [5, 5.41) is 14.3. The van der Waals surface area contributed by atoms with Crippen molar-refractivity contribution >= 4 is 17.2 Å². The van der Waals surface area contributed by atoms with Crippen LogP contribution in [-0.4, -0.2) is 28.9 Å². The summed E-state index contributed by atoms with van der Waals surface area (Å²) in [5.74, 6) is 0. The zero-order chi connectivity index (χ0) is 27.2. The Hall–Kier alpha value is -4.76. The largest absolute Gasteiger partial charge is 0.433 e. The maximum Gasteiger partial charge on any atom is 0.433 e.